The Hall–Kier alpha value is -0.000000000000000111. The summed E-state index contributed by atoms with van der Waals surface area (Å²) < 4.78 is 7.07. The van der Waals surface area contributed by atoms with Gasteiger partial charge in [0.25, 0.3) is 0 Å². The Balaban J connectivity index is 0.00000200. The van der Waals surface area contributed by atoms with Crippen molar-refractivity contribution in [2.24, 2.45) is 0 Å². The van der Waals surface area contributed by atoms with Crippen molar-refractivity contribution in [3.8, 4) is 5.75 Å². The lowest BCUT2D eigenvalue weighted by molar-refractivity contribution is 0.143. The topological polar surface area (TPSA) is 24.5 Å². The van der Waals surface area contributed by atoms with E-state index < -0.39 is 0 Å². The van der Waals surface area contributed by atoms with Crippen LogP contribution in [0.25, 0.3) is 0 Å². The van der Waals surface area contributed by atoms with Gasteiger partial charge in [-0.05, 0) is 44.0 Å². The van der Waals surface area contributed by atoms with Crippen LogP contribution in [0.3, 0.4) is 0 Å². The van der Waals surface area contributed by atoms with Crippen LogP contribution in [0.4, 0.5) is 0 Å². The van der Waals surface area contributed by atoms with E-state index in [0.717, 1.165) is 38.5 Å². The number of piperazine rings is 1. The lowest BCUT2D eigenvalue weighted by Gasteiger charge is -2.33. The maximum absolute atomic E-state index is 5.89. The molecule has 0 saturated carbocycles. The molecule has 1 aromatic rings. The first-order chi connectivity index (χ1) is 9.08. The van der Waals surface area contributed by atoms with Crippen molar-refractivity contribution >= 4 is 40.7 Å². The molecule has 3 nitrogen and oxygen atoms in total. The van der Waals surface area contributed by atoms with Crippen molar-refractivity contribution in [1.29, 1.82) is 0 Å². The van der Waals surface area contributed by atoms with Gasteiger partial charge in [-0.2, -0.15) is 0 Å². The van der Waals surface area contributed by atoms with E-state index in [9.17, 15) is 0 Å². The van der Waals surface area contributed by atoms with Gasteiger partial charge < -0.3 is 10.1 Å². The van der Waals surface area contributed by atoms with Crippen LogP contribution in [0, 0.1) is 13.8 Å². The number of aryl methyl sites for hydroxylation is 2. The second kappa shape index (κ2) is 9.90. The summed E-state index contributed by atoms with van der Waals surface area (Å²) in [6.07, 6.45) is 0. The van der Waals surface area contributed by atoms with Crippen LogP contribution in [0.15, 0.2) is 16.6 Å². The van der Waals surface area contributed by atoms with Gasteiger partial charge in [0.05, 0.1) is 0 Å². The molecule has 1 fully saturated rings. The molecule has 1 N–H and O–H groups in total. The number of nitrogens with one attached hydrogen (secondary N) is 1. The summed E-state index contributed by atoms with van der Waals surface area (Å²) in [5, 5.41) is 3.41. The van der Waals surface area contributed by atoms with Gasteiger partial charge >= 0.3 is 0 Å². The van der Waals surface area contributed by atoms with E-state index >= 15 is 0 Å². The summed E-state index contributed by atoms with van der Waals surface area (Å²) in [4.78, 5) is 2.48. The summed E-state index contributed by atoms with van der Waals surface area (Å²) in [7, 11) is 0. The van der Waals surface area contributed by atoms with E-state index in [1.165, 1.54) is 15.6 Å². The quantitative estimate of drug-likeness (QED) is 0.837. The number of rotatable bonds is 4. The van der Waals surface area contributed by atoms with Crippen LogP contribution < -0.4 is 10.1 Å². The molecule has 6 heteroatoms. The highest BCUT2D eigenvalue weighted by Crippen LogP contribution is 2.26. The van der Waals surface area contributed by atoms with Gasteiger partial charge in [0.2, 0.25) is 0 Å². The van der Waals surface area contributed by atoms with Crippen LogP contribution >= 0.6 is 40.7 Å². The lowest BCUT2D eigenvalue weighted by atomic mass is 10.1. The Morgan fingerprint density at radius 2 is 1.90 bits per heavy atom. The van der Waals surface area contributed by atoms with Crippen molar-refractivity contribution in [2.45, 2.75) is 26.8 Å². The first-order valence-corrected chi connectivity index (χ1v) is 7.71. The minimum Gasteiger partial charge on any atom is -0.492 e. The standard InChI is InChI=1S/C15H23BrN2O.2ClH/c1-11-8-14(9-12(2)15(11)16)19-7-6-18-5-4-17-10-13(18)3;;/h8-9,13,17H,4-7,10H2,1-3H3;2*1H/t13-;;/m1../s1. The molecule has 0 amide bonds. The number of hydrogen-bond donors (Lipinski definition) is 1. The van der Waals surface area contributed by atoms with Crippen LogP contribution in [-0.4, -0.2) is 43.7 Å². The zero-order valence-electron chi connectivity index (χ0n) is 12.8. The molecule has 0 spiro atoms. The Morgan fingerprint density at radius 1 is 1.29 bits per heavy atom. The third-order valence-corrected chi connectivity index (χ3v) is 4.95. The number of halogens is 3. The number of ether oxygens (including phenoxy) is 1. The SMILES string of the molecule is Cc1cc(OCCN2CCNC[C@H]2C)cc(C)c1Br.Cl.Cl. The molecule has 1 heterocycles. The van der Waals surface area contributed by atoms with E-state index in [0.29, 0.717) is 6.04 Å². The molecular formula is C15H25BrCl2N2O. The maximum Gasteiger partial charge on any atom is 0.119 e. The van der Waals surface area contributed by atoms with Gasteiger partial charge in [-0.3, -0.25) is 4.90 Å². The highest BCUT2D eigenvalue weighted by atomic mass is 79.9. The fourth-order valence-corrected chi connectivity index (χ4v) is 2.71. The number of benzene rings is 1. The summed E-state index contributed by atoms with van der Waals surface area (Å²) in [6, 6.07) is 4.79. The van der Waals surface area contributed by atoms with Crippen molar-refractivity contribution < 1.29 is 4.74 Å². The van der Waals surface area contributed by atoms with Gasteiger partial charge in [-0.1, -0.05) is 15.9 Å². The highest BCUT2D eigenvalue weighted by molar-refractivity contribution is 9.10. The molecule has 122 valence electrons. The molecule has 21 heavy (non-hydrogen) atoms. The second-order valence-corrected chi connectivity index (χ2v) is 6.10. The van der Waals surface area contributed by atoms with E-state index in [-0.39, 0.29) is 24.8 Å². The van der Waals surface area contributed by atoms with Gasteiger partial charge in [0, 0.05) is 36.7 Å². The molecule has 1 aliphatic heterocycles. The van der Waals surface area contributed by atoms with Crippen LogP contribution in [0.2, 0.25) is 0 Å². The lowest BCUT2D eigenvalue weighted by Crippen LogP contribution is -2.50. The first kappa shape index (κ1) is 21.0. The summed E-state index contributed by atoms with van der Waals surface area (Å²) >= 11 is 3.58. The Labute approximate surface area is 148 Å². The predicted molar refractivity (Wildman–Crippen MR) is 97.5 cm³/mol. The Morgan fingerprint density at radius 3 is 2.48 bits per heavy atom. The van der Waals surface area contributed by atoms with Gasteiger partial charge in [0.1, 0.15) is 12.4 Å². The third-order valence-electron chi connectivity index (χ3n) is 3.70. The molecule has 0 aromatic heterocycles. The summed E-state index contributed by atoms with van der Waals surface area (Å²) in [5.74, 6) is 0.973. The molecule has 1 saturated heterocycles. The molecule has 0 radical (unpaired) electrons. The van der Waals surface area contributed by atoms with Crippen LogP contribution in [-0.2, 0) is 0 Å². The fraction of sp³-hybridized carbons (Fsp3) is 0.600. The fourth-order valence-electron chi connectivity index (χ4n) is 2.49. The van der Waals surface area contributed by atoms with Crippen LogP contribution in [0.5, 0.6) is 5.75 Å². The molecule has 1 aliphatic rings. The molecule has 0 aliphatic carbocycles. The summed E-state index contributed by atoms with van der Waals surface area (Å²) in [5.41, 5.74) is 2.45. The molecular weight excluding hydrogens is 375 g/mol. The van der Waals surface area contributed by atoms with E-state index in [1.54, 1.807) is 0 Å². The minimum atomic E-state index is 0. The van der Waals surface area contributed by atoms with Crippen molar-refractivity contribution in [2.75, 3.05) is 32.8 Å². The van der Waals surface area contributed by atoms with Crippen molar-refractivity contribution in [3.63, 3.8) is 0 Å². The summed E-state index contributed by atoms with van der Waals surface area (Å²) in [6.45, 7) is 11.5. The first-order valence-electron chi connectivity index (χ1n) is 6.92. The van der Waals surface area contributed by atoms with E-state index in [2.05, 4.69) is 59.1 Å². The van der Waals surface area contributed by atoms with Gasteiger partial charge in [-0.25, -0.2) is 0 Å². The van der Waals surface area contributed by atoms with Crippen molar-refractivity contribution in [1.82, 2.24) is 10.2 Å². The zero-order valence-corrected chi connectivity index (χ0v) is 16.0. The largest absolute Gasteiger partial charge is 0.492 e. The zero-order chi connectivity index (χ0) is 13.8. The number of hydrogen-bond acceptors (Lipinski definition) is 3. The molecule has 1 aromatic carbocycles. The smallest absolute Gasteiger partial charge is 0.119 e. The van der Waals surface area contributed by atoms with E-state index in [1.807, 2.05) is 0 Å². The normalized spacial score (nSPS) is 18.6. The van der Waals surface area contributed by atoms with Gasteiger partial charge in [-0.15, -0.1) is 24.8 Å². The molecule has 0 bridgehead atoms. The maximum atomic E-state index is 5.89. The predicted octanol–water partition coefficient (Wildman–Crippen LogP) is 3.58. The second-order valence-electron chi connectivity index (χ2n) is 5.31. The number of nitrogens with zero attached hydrogens (tertiary/aromatic N) is 1. The Kier molecular flexibility index (Phi) is 9.90. The highest BCUT2D eigenvalue weighted by Gasteiger charge is 2.17. The van der Waals surface area contributed by atoms with Crippen LogP contribution in [0.1, 0.15) is 18.1 Å². The average Bonchev–Trinajstić information content (AvgIpc) is 2.38. The van der Waals surface area contributed by atoms with E-state index in [4.69, 9.17) is 4.74 Å². The van der Waals surface area contributed by atoms with Crippen molar-refractivity contribution in [3.05, 3.63) is 27.7 Å². The molecule has 0 unspecified atom stereocenters. The third kappa shape index (κ3) is 5.95. The average molecular weight is 400 g/mol. The minimum absolute atomic E-state index is 0. The molecule has 1 atom stereocenters. The Bertz CT molecular complexity index is 423. The monoisotopic (exact) mass is 398 g/mol. The molecule has 2 rings (SSSR count). The van der Waals surface area contributed by atoms with Gasteiger partial charge in [0.15, 0.2) is 0 Å².